The Morgan fingerprint density at radius 2 is 2.08 bits per heavy atom. The molecule has 2 nitrogen and oxygen atoms in total. The Hall–Kier alpha value is -0.423. The van der Waals surface area contributed by atoms with E-state index in [1.165, 1.54) is 0 Å². The maximum Gasteiger partial charge on any atom is 1.00 e. The van der Waals surface area contributed by atoms with Crippen LogP contribution >= 0.6 is 0 Å². The van der Waals surface area contributed by atoms with Gasteiger partial charge in [0.05, 0.1) is 6.61 Å². The molecule has 0 amide bonds. The van der Waals surface area contributed by atoms with Crippen molar-refractivity contribution >= 4 is 0 Å². The third-order valence-corrected chi connectivity index (χ3v) is 1.90. The maximum absolute atomic E-state index is 11.3. The van der Waals surface area contributed by atoms with Gasteiger partial charge in [-0.05, 0) is 18.1 Å². The van der Waals surface area contributed by atoms with Crippen LogP contribution in [-0.4, -0.2) is 6.61 Å². The van der Waals surface area contributed by atoms with Crippen molar-refractivity contribution in [2.75, 3.05) is 6.61 Å². The minimum Gasteiger partial charge on any atom is -0.848 e. The molecule has 1 unspecified atom stereocenters. The molecule has 1 aliphatic rings. The summed E-state index contributed by atoms with van der Waals surface area (Å²) in [5.41, 5.74) is 0.804. The molecule has 58 valence electrons. The molecular formula is C9H9LiO2. The van der Waals surface area contributed by atoms with Gasteiger partial charge in [-0.1, -0.05) is 24.3 Å². The van der Waals surface area contributed by atoms with Gasteiger partial charge in [0.15, 0.2) is 0 Å². The van der Waals surface area contributed by atoms with Gasteiger partial charge in [0.2, 0.25) is 0 Å². The summed E-state index contributed by atoms with van der Waals surface area (Å²) in [7, 11) is 0. The smallest absolute Gasteiger partial charge is 0.848 e. The number of hydrogen-bond donors (Lipinski definition) is 0. The van der Waals surface area contributed by atoms with E-state index in [1.807, 2.05) is 24.3 Å². The first-order valence-corrected chi connectivity index (χ1v) is 3.75. The summed E-state index contributed by atoms with van der Waals surface area (Å²) in [6, 6.07) is 7.45. The fraction of sp³-hybridized carbons (Fsp3) is 0.333. The molecule has 0 N–H and O–H groups in total. The Balaban J connectivity index is 0.000000720. The third kappa shape index (κ3) is 1.66. The molecule has 1 aromatic carbocycles. The number of ether oxygens (including phenoxy) is 1. The molecule has 1 heterocycles. The summed E-state index contributed by atoms with van der Waals surface area (Å²) >= 11 is 0. The average Bonchev–Trinajstić information content (AvgIpc) is 2.06. The molecule has 12 heavy (non-hydrogen) atoms. The van der Waals surface area contributed by atoms with Crippen molar-refractivity contribution in [1.82, 2.24) is 0 Å². The quantitative estimate of drug-likeness (QED) is 0.402. The van der Waals surface area contributed by atoms with Gasteiger partial charge in [0.25, 0.3) is 0 Å². The second-order valence-electron chi connectivity index (χ2n) is 2.66. The van der Waals surface area contributed by atoms with E-state index < -0.39 is 6.10 Å². The monoisotopic (exact) mass is 156 g/mol. The topological polar surface area (TPSA) is 32.3 Å². The Morgan fingerprint density at radius 1 is 1.33 bits per heavy atom. The van der Waals surface area contributed by atoms with Crippen LogP contribution in [-0.2, 0) is 0 Å². The van der Waals surface area contributed by atoms with Gasteiger partial charge in [-0.15, -0.1) is 0 Å². The summed E-state index contributed by atoms with van der Waals surface area (Å²) < 4.78 is 5.29. The fourth-order valence-corrected chi connectivity index (χ4v) is 1.31. The van der Waals surface area contributed by atoms with Gasteiger partial charge in [-0.2, -0.15) is 0 Å². The van der Waals surface area contributed by atoms with Gasteiger partial charge >= 0.3 is 18.9 Å². The molecular weight excluding hydrogens is 147 g/mol. The largest absolute Gasteiger partial charge is 1.00 e. The van der Waals surface area contributed by atoms with E-state index in [2.05, 4.69) is 0 Å². The van der Waals surface area contributed by atoms with Crippen LogP contribution in [0.3, 0.4) is 0 Å². The average molecular weight is 156 g/mol. The van der Waals surface area contributed by atoms with E-state index in [0.717, 1.165) is 11.3 Å². The van der Waals surface area contributed by atoms with E-state index in [9.17, 15) is 5.11 Å². The Morgan fingerprint density at radius 3 is 2.83 bits per heavy atom. The van der Waals surface area contributed by atoms with Crippen LogP contribution in [0.15, 0.2) is 24.3 Å². The number of rotatable bonds is 0. The van der Waals surface area contributed by atoms with Crippen LogP contribution < -0.4 is 28.7 Å². The first kappa shape index (κ1) is 9.66. The zero-order valence-electron chi connectivity index (χ0n) is 7.12. The summed E-state index contributed by atoms with van der Waals surface area (Å²) in [5, 5.41) is 11.3. The van der Waals surface area contributed by atoms with E-state index in [0.29, 0.717) is 13.0 Å². The number of benzene rings is 1. The van der Waals surface area contributed by atoms with Crippen LogP contribution in [0, 0.1) is 0 Å². The molecule has 3 heteroatoms. The first-order chi connectivity index (χ1) is 5.38. The summed E-state index contributed by atoms with van der Waals surface area (Å²) in [6.07, 6.45) is 0.0109. The molecule has 1 atom stereocenters. The Kier molecular flexibility index (Phi) is 3.22. The molecule has 1 aromatic rings. The second kappa shape index (κ2) is 4.00. The molecule has 0 bridgehead atoms. The molecule has 0 fully saturated rings. The minimum atomic E-state index is -0.583. The standard InChI is InChI=1S/C9H9O2.Li/c10-8-5-6-11-9-4-2-1-3-7(8)9;/h1-4,8H,5-6H2;/q-1;+1. The normalized spacial score (nSPS) is 20.2. The number of para-hydroxylation sites is 1. The van der Waals surface area contributed by atoms with Crippen molar-refractivity contribution in [3.63, 3.8) is 0 Å². The summed E-state index contributed by atoms with van der Waals surface area (Å²) in [6.45, 7) is 0.561. The van der Waals surface area contributed by atoms with Gasteiger partial charge < -0.3 is 9.84 Å². The second-order valence-corrected chi connectivity index (χ2v) is 2.66. The first-order valence-electron chi connectivity index (χ1n) is 3.75. The minimum absolute atomic E-state index is 0. The zero-order valence-corrected chi connectivity index (χ0v) is 7.12. The van der Waals surface area contributed by atoms with Gasteiger partial charge in [-0.3, -0.25) is 0 Å². The zero-order chi connectivity index (χ0) is 7.68. The van der Waals surface area contributed by atoms with Crippen LogP contribution in [0.5, 0.6) is 5.75 Å². The van der Waals surface area contributed by atoms with Crippen molar-refractivity contribution < 1.29 is 28.7 Å². The SMILES string of the molecule is [Li+].[O-]C1CCOc2ccccc21. The van der Waals surface area contributed by atoms with Crippen LogP contribution in [0.25, 0.3) is 0 Å². The molecule has 0 aliphatic carbocycles. The predicted octanol–water partition coefficient (Wildman–Crippen LogP) is -2.13. The molecule has 0 aromatic heterocycles. The number of hydrogen-bond acceptors (Lipinski definition) is 2. The van der Waals surface area contributed by atoms with E-state index >= 15 is 0 Å². The predicted molar refractivity (Wildman–Crippen MR) is 39.3 cm³/mol. The molecule has 0 radical (unpaired) electrons. The van der Waals surface area contributed by atoms with E-state index in [-0.39, 0.29) is 18.9 Å². The van der Waals surface area contributed by atoms with Crippen molar-refractivity contribution in [3.05, 3.63) is 29.8 Å². The van der Waals surface area contributed by atoms with E-state index in [4.69, 9.17) is 4.74 Å². The summed E-state index contributed by atoms with van der Waals surface area (Å²) in [4.78, 5) is 0. The maximum atomic E-state index is 11.3. The van der Waals surface area contributed by atoms with Crippen molar-refractivity contribution in [2.24, 2.45) is 0 Å². The molecule has 1 aliphatic heterocycles. The van der Waals surface area contributed by atoms with Gasteiger partial charge in [0.1, 0.15) is 5.75 Å². The molecule has 0 spiro atoms. The Labute approximate surface area is 83.7 Å². The molecule has 2 rings (SSSR count). The fourth-order valence-electron chi connectivity index (χ4n) is 1.31. The van der Waals surface area contributed by atoms with Crippen LogP contribution in [0.4, 0.5) is 0 Å². The third-order valence-electron chi connectivity index (χ3n) is 1.90. The van der Waals surface area contributed by atoms with Crippen molar-refractivity contribution in [3.8, 4) is 5.75 Å². The molecule has 0 saturated carbocycles. The number of fused-ring (bicyclic) bond motifs is 1. The van der Waals surface area contributed by atoms with Crippen LogP contribution in [0.1, 0.15) is 18.1 Å². The van der Waals surface area contributed by atoms with Crippen molar-refractivity contribution in [2.45, 2.75) is 12.5 Å². The van der Waals surface area contributed by atoms with Gasteiger partial charge in [0, 0.05) is 0 Å². The Bertz CT molecular complexity index is 262. The molecule has 0 saturated heterocycles. The van der Waals surface area contributed by atoms with Gasteiger partial charge in [-0.25, -0.2) is 0 Å². The van der Waals surface area contributed by atoms with Crippen molar-refractivity contribution in [1.29, 1.82) is 0 Å². The van der Waals surface area contributed by atoms with E-state index in [1.54, 1.807) is 0 Å². The van der Waals surface area contributed by atoms with Crippen LogP contribution in [0.2, 0.25) is 0 Å². The summed E-state index contributed by atoms with van der Waals surface area (Å²) in [5.74, 6) is 0.763.